The molecule has 0 aliphatic heterocycles. The van der Waals surface area contributed by atoms with Gasteiger partial charge < -0.3 is 0 Å². The number of rotatable bonds is 1. The van der Waals surface area contributed by atoms with E-state index in [1.54, 1.807) is 6.92 Å². The van der Waals surface area contributed by atoms with Crippen LogP contribution in [0.4, 0.5) is 0 Å². The van der Waals surface area contributed by atoms with Gasteiger partial charge in [0, 0.05) is 0 Å². The molecule has 0 rings (SSSR count). The molecule has 0 bridgehead atoms. The summed E-state index contributed by atoms with van der Waals surface area (Å²) in [6, 6.07) is 0. The summed E-state index contributed by atoms with van der Waals surface area (Å²) in [4.78, 5) is 0. The molecule has 1 N–H and O–H groups in total. The van der Waals surface area contributed by atoms with E-state index >= 15 is 0 Å². The van der Waals surface area contributed by atoms with Crippen molar-refractivity contribution in [1.29, 1.82) is 5.41 Å². The predicted molar refractivity (Wildman–Crippen MR) is 37.7 cm³/mol. The Balaban J connectivity index is 3.86. The highest BCUT2D eigenvalue weighted by molar-refractivity contribution is 5.76. The van der Waals surface area contributed by atoms with Gasteiger partial charge in [0.2, 0.25) is 0 Å². The smallest absolute Gasteiger partial charge is 0.140 e. The summed E-state index contributed by atoms with van der Waals surface area (Å²) in [7, 11) is 0. The molecule has 0 aromatic heterocycles. The summed E-state index contributed by atoms with van der Waals surface area (Å²) in [6.45, 7) is 5.31. The maximum absolute atomic E-state index is 6.88. The van der Waals surface area contributed by atoms with E-state index in [0.29, 0.717) is 0 Å². The third-order valence-electron chi connectivity index (χ3n) is 0.776. The lowest BCUT2D eigenvalue weighted by molar-refractivity contribution is 1.13. The van der Waals surface area contributed by atoms with Gasteiger partial charge in [-0.25, -0.2) is 0 Å². The molecule has 3 nitrogen and oxygen atoms in total. The molecule has 3 heteroatoms. The quantitative estimate of drug-likeness (QED) is 0.318. The zero-order chi connectivity index (χ0) is 7.28. The first-order valence-electron chi connectivity index (χ1n) is 2.76. The van der Waals surface area contributed by atoms with Gasteiger partial charge in [0.1, 0.15) is 5.84 Å². The van der Waals surface area contributed by atoms with Gasteiger partial charge in [-0.1, -0.05) is 6.08 Å². The summed E-state index contributed by atoms with van der Waals surface area (Å²) in [5, 5.41) is 14.1. The van der Waals surface area contributed by atoms with E-state index < -0.39 is 0 Å². The largest absolute Gasteiger partial charge is 0.285 e. The SMILES string of the molecule is C/C=C(/C)N=NC(C)=N. The first-order valence-corrected chi connectivity index (χ1v) is 2.76. The Hall–Kier alpha value is -0.990. The van der Waals surface area contributed by atoms with Crippen LogP contribution in [-0.4, -0.2) is 5.84 Å². The highest BCUT2D eigenvalue weighted by atomic mass is 15.1. The summed E-state index contributed by atoms with van der Waals surface area (Å²) in [5.74, 6) is 0.233. The molecule has 50 valence electrons. The number of hydrogen-bond donors (Lipinski definition) is 1. The highest BCUT2D eigenvalue weighted by Crippen LogP contribution is 1.93. The van der Waals surface area contributed by atoms with Crippen LogP contribution in [0, 0.1) is 5.41 Å². The molecule has 0 saturated heterocycles. The van der Waals surface area contributed by atoms with Crippen LogP contribution in [0.5, 0.6) is 0 Å². The van der Waals surface area contributed by atoms with Crippen molar-refractivity contribution in [3.63, 3.8) is 0 Å². The number of amidine groups is 1. The second kappa shape index (κ2) is 3.95. The number of hydrogen-bond acceptors (Lipinski definition) is 2. The fourth-order valence-corrected chi connectivity index (χ4v) is 0.212. The minimum absolute atomic E-state index is 0.233. The van der Waals surface area contributed by atoms with Gasteiger partial charge in [0.05, 0.1) is 5.70 Å². The summed E-state index contributed by atoms with van der Waals surface area (Å²) in [5.41, 5.74) is 0.835. The molecule has 0 amide bonds. The van der Waals surface area contributed by atoms with Crippen molar-refractivity contribution >= 4 is 5.84 Å². The Morgan fingerprint density at radius 2 is 1.89 bits per heavy atom. The van der Waals surface area contributed by atoms with Crippen LogP contribution in [0.2, 0.25) is 0 Å². The van der Waals surface area contributed by atoms with E-state index in [9.17, 15) is 0 Å². The molecule has 0 aliphatic carbocycles. The molecule has 0 aliphatic rings. The minimum atomic E-state index is 0.233. The van der Waals surface area contributed by atoms with Crippen molar-refractivity contribution in [2.75, 3.05) is 0 Å². The zero-order valence-electron chi connectivity index (χ0n) is 5.97. The van der Waals surface area contributed by atoms with Crippen molar-refractivity contribution in [1.82, 2.24) is 0 Å². The van der Waals surface area contributed by atoms with Crippen LogP contribution in [0.25, 0.3) is 0 Å². The van der Waals surface area contributed by atoms with Crippen LogP contribution in [0.3, 0.4) is 0 Å². The first kappa shape index (κ1) is 8.01. The maximum atomic E-state index is 6.88. The highest BCUT2D eigenvalue weighted by Gasteiger charge is 1.79. The van der Waals surface area contributed by atoms with Crippen LogP contribution in [0.1, 0.15) is 20.8 Å². The second-order valence-electron chi connectivity index (χ2n) is 1.72. The number of nitrogens with zero attached hydrogens (tertiary/aromatic N) is 2. The summed E-state index contributed by atoms with van der Waals surface area (Å²) in [6.07, 6.45) is 1.84. The lowest BCUT2D eigenvalue weighted by Gasteiger charge is -1.84. The molecule has 0 spiro atoms. The van der Waals surface area contributed by atoms with E-state index in [1.807, 2.05) is 19.9 Å². The predicted octanol–water partition coefficient (Wildman–Crippen LogP) is 2.36. The van der Waals surface area contributed by atoms with Gasteiger partial charge in [0.15, 0.2) is 0 Å². The normalized spacial score (nSPS) is 12.6. The third kappa shape index (κ3) is 4.87. The van der Waals surface area contributed by atoms with E-state index in [1.165, 1.54) is 0 Å². The second-order valence-corrected chi connectivity index (χ2v) is 1.72. The van der Waals surface area contributed by atoms with E-state index in [2.05, 4.69) is 10.2 Å². The molecular weight excluding hydrogens is 114 g/mol. The van der Waals surface area contributed by atoms with Crippen molar-refractivity contribution in [2.24, 2.45) is 10.2 Å². The zero-order valence-corrected chi connectivity index (χ0v) is 5.97. The van der Waals surface area contributed by atoms with Crippen LogP contribution in [-0.2, 0) is 0 Å². The van der Waals surface area contributed by atoms with Gasteiger partial charge in [-0.2, -0.15) is 5.11 Å². The average molecular weight is 125 g/mol. The maximum Gasteiger partial charge on any atom is 0.140 e. The van der Waals surface area contributed by atoms with Crippen LogP contribution in [0.15, 0.2) is 22.0 Å². The minimum Gasteiger partial charge on any atom is -0.285 e. The molecule has 9 heavy (non-hydrogen) atoms. The Morgan fingerprint density at radius 1 is 1.33 bits per heavy atom. The lowest BCUT2D eigenvalue weighted by atomic mass is 10.5. The molecule has 0 fully saturated rings. The van der Waals surface area contributed by atoms with Crippen molar-refractivity contribution < 1.29 is 0 Å². The molecule has 0 saturated carbocycles. The van der Waals surface area contributed by atoms with Gasteiger partial charge >= 0.3 is 0 Å². The fraction of sp³-hybridized carbons (Fsp3) is 0.500. The van der Waals surface area contributed by atoms with E-state index in [4.69, 9.17) is 5.41 Å². The Labute approximate surface area is 55.0 Å². The number of allylic oxidation sites excluding steroid dienone is 2. The van der Waals surface area contributed by atoms with Gasteiger partial charge in [0.25, 0.3) is 0 Å². The monoisotopic (exact) mass is 125 g/mol. The lowest BCUT2D eigenvalue weighted by Crippen LogP contribution is -1.76. The van der Waals surface area contributed by atoms with Gasteiger partial charge in [-0.15, -0.1) is 5.11 Å². The fourth-order valence-electron chi connectivity index (χ4n) is 0.212. The Morgan fingerprint density at radius 3 is 2.22 bits per heavy atom. The van der Waals surface area contributed by atoms with Crippen molar-refractivity contribution in [3.05, 3.63) is 11.8 Å². The third-order valence-corrected chi connectivity index (χ3v) is 0.776. The topological polar surface area (TPSA) is 48.6 Å². The first-order chi connectivity index (χ1) is 4.16. The molecule has 0 heterocycles. The summed E-state index contributed by atoms with van der Waals surface area (Å²) >= 11 is 0. The van der Waals surface area contributed by atoms with E-state index in [0.717, 1.165) is 5.70 Å². The van der Waals surface area contributed by atoms with E-state index in [-0.39, 0.29) is 5.84 Å². The molecule has 0 radical (unpaired) electrons. The Bertz CT molecular complexity index is 156. The van der Waals surface area contributed by atoms with Crippen molar-refractivity contribution in [2.45, 2.75) is 20.8 Å². The summed E-state index contributed by atoms with van der Waals surface area (Å²) < 4.78 is 0. The standard InChI is InChI=1S/C6H11N3/c1-4-5(2)8-9-6(3)7/h4,7H,1-3H3/b5-4-,7-6?,9-8?. The Kier molecular flexibility index (Phi) is 3.51. The molecule has 0 aromatic rings. The molecule has 0 atom stereocenters. The molecular formula is C6H11N3. The van der Waals surface area contributed by atoms with Crippen molar-refractivity contribution in [3.8, 4) is 0 Å². The van der Waals surface area contributed by atoms with Gasteiger partial charge in [-0.05, 0) is 20.8 Å². The number of nitrogens with one attached hydrogen (secondary N) is 1. The van der Waals surface area contributed by atoms with Gasteiger partial charge in [-0.3, -0.25) is 5.41 Å². The van der Waals surface area contributed by atoms with Crippen LogP contribution < -0.4 is 0 Å². The van der Waals surface area contributed by atoms with Crippen LogP contribution >= 0.6 is 0 Å². The molecule has 0 unspecified atom stereocenters. The average Bonchev–Trinajstić information content (AvgIpc) is 1.83. The molecule has 0 aromatic carbocycles. The number of azo groups is 1.